The van der Waals surface area contributed by atoms with Crippen LogP contribution in [0, 0.1) is 5.82 Å². The van der Waals surface area contributed by atoms with Gasteiger partial charge >= 0.3 is 0 Å². The van der Waals surface area contributed by atoms with E-state index < -0.39 is 0 Å². The maximum Gasteiger partial charge on any atom is 0.123 e. The molecule has 0 amide bonds. The molecule has 5 aromatic carbocycles. The van der Waals surface area contributed by atoms with Crippen molar-refractivity contribution in [3.05, 3.63) is 115 Å². The van der Waals surface area contributed by atoms with Crippen molar-refractivity contribution in [3.63, 3.8) is 0 Å². The van der Waals surface area contributed by atoms with Crippen LogP contribution in [0.25, 0.3) is 44.2 Å². The summed E-state index contributed by atoms with van der Waals surface area (Å²) in [5, 5.41) is 3.56. The van der Waals surface area contributed by atoms with E-state index in [1.54, 1.807) is 0 Å². The molecule has 144 valence electrons. The third kappa shape index (κ3) is 3.77. The Hall–Kier alpha value is -3.28. The standard InChI is InChI=1S/C28H20FP/c29-27-13-9-22(10-14-27)25-8-6-23-5-7-24(17-26(23)18-25)21-3-1-19(2-4-21)20-11-15-28(30)16-12-20/h1-18H,30H2. The van der Waals surface area contributed by atoms with Crippen molar-refractivity contribution in [2.45, 2.75) is 0 Å². The molecule has 0 aliphatic rings. The van der Waals surface area contributed by atoms with Crippen molar-refractivity contribution in [1.29, 1.82) is 0 Å². The zero-order valence-electron chi connectivity index (χ0n) is 16.3. The molecule has 0 saturated carbocycles. The minimum absolute atomic E-state index is 0.213. The highest BCUT2D eigenvalue weighted by molar-refractivity contribution is 7.27. The first kappa shape index (κ1) is 18.7. The molecular formula is C28H20FP. The van der Waals surface area contributed by atoms with Crippen LogP contribution in [0.2, 0.25) is 0 Å². The van der Waals surface area contributed by atoms with Crippen LogP contribution >= 0.6 is 9.24 Å². The predicted octanol–water partition coefficient (Wildman–Crippen LogP) is 7.48. The minimum Gasteiger partial charge on any atom is -0.207 e. The van der Waals surface area contributed by atoms with Gasteiger partial charge in [0.2, 0.25) is 0 Å². The monoisotopic (exact) mass is 406 g/mol. The molecule has 0 bridgehead atoms. The highest BCUT2D eigenvalue weighted by atomic mass is 31.0. The van der Waals surface area contributed by atoms with Crippen LogP contribution in [0.15, 0.2) is 109 Å². The summed E-state index contributed by atoms with van der Waals surface area (Å²) in [7, 11) is 2.72. The van der Waals surface area contributed by atoms with Crippen molar-refractivity contribution in [2.24, 2.45) is 0 Å². The highest BCUT2D eigenvalue weighted by Crippen LogP contribution is 2.30. The quantitative estimate of drug-likeness (QED) is 0.273. The van der Waals surface area contributed by atoms with E-state index in [1.807, 2.05) is 12.1 Å². The summed E-state index contributed by atoms with van der Waals surface area (Å²) in [5.74, 6) is -0.213. The first-order valence-electron chi connectivity index (χ1n) is 9.92. The smallest absolute Gasteiger partial charge is 0.123 e. The molecule has 0 N–H and O–H groups in total. The second-order valence-electron chi connectivity index (χ2n) is 7.48. The maximum absolute atomic E-state index is 13.2. The van der Waals surface area contributed by atoms with Crippen molar-refractivity contribution in [1.82, 2.24) is 0 Å². The summed E-state index contributed by atoms with van der Waals surface area (Å²) in [6, 6.07) is 36.8. The average molecular weight is 406 g/mol. The SMILES string of the molecule is Fc1ccc(-c2ccc3ccc(-c4ccc(-c5ccc(P)cc5)cc4)cc3c2)cc1. The Labute approximate surface area is 178 Å². The van der Waals surface area contributed by atoms with E-state index in [-0.39, 0.29) is 5.82 Å². The second-order valence-corrected chi connectivity index (χ2v) is 8.15. The lowest BCUT2D eigenvalue weighted by molar-refractivity contribution is 0.628. The van der Waals surface area contributed by atoms with E-state index in [2.05, 4.69) is 94.2 Å². The normalized spacial score (nSPS) is 11.0. The molecule has 0 aliphatic carbocycles. The number of fused-ring (bicyclic) bond motifs is 1. The first-order chi connectivity index (χ1) is 14.7. The third-order valence-corrected chi connectivity index (χ3v) is 5.86. The Morgan fingerprint density at radius 3 is 1.27 bits per heavy atom. The number of hydrogen-bond acceptors (Lipinski definition) is 0. The lowest BCUT2D eigenvalue weighted by atomic mass is 9.96. The Balaban J connectivity index is 1.49. The van der Waals surface area contributed by atoms with E-state index in [0.29, 0.717) is 0 Å². The lowest BCUT2D eigenvalue weighted by Crippen LogP contribution is -1.88. The average Bonchev–Trinajstić information content (AvgIpc) is 2.79. The van der Waals surface area contributed by atoms with Gasteiger partial charge in [-0.05, 0) is 73.7 Å². The molecule has 0 aromatic heterocycles. The molecule has 1 atom stereocenters. The van der Waals surface area contributed by atoms with Crippen molar-refractivity contribution in [3.8, 4) is 33.4 Å². The zero-order chi connectivity index (χ0) is 20.5. The molecule has 30 heavy (non-hydrogen) atoms. The van der Waals surface area contributed by atoms with Gasteiger partial charge < -0.3 is 0 Å². The number of hydrogen-bond donors (Lipinski definition) is 0. The van der Waals surface area contributed by atoms with Crippen molar-refractivity contribution in [2.75, 3.05) is 0 Å². The molecule has 0 fully saturated rings. The predicted molar refractivity (Wildman–Crippen MR) is 130 cm³/mol. The fourth-order valence-corrected chi connectivity index (χ4v) is 3.97. The molecule has 0 spiro atoms. The van der Waals surface area contributed by atoms with Crippen molar-refractivity contribution >= 4 is 25.3 Å². The van der Waals surface area contributed by atoms with Crippen LogP contribution in [0.5, 0.6) is 0 Å². The molecule has 0 radical (unpaired) electrons. The summed E-state index contributed by atoms with van der Waals surface area (Å²) < 4.78 is 13.2. The molecule has 0 aliphatic heterocycles. The highest BCUT2D eigenvalue weighted by Gasteiger charge is 2.04. The fraction of sp³-hybridized carbons (Fsp3) is 0. The Morgan fingerprint density at radius 1 is 0.400 bits per heavy atom. The van der Waals surface area contributed by atoms with Gasteiger partial charge in [-0.15, -0.1) is 9.24 Å². The van der Waals surface area contributed by atoms with Crippen molar-refractivity contribution < 1.29 is 4.39 Å². The second kappa shape index (κ2) is 7.86. The van der Waals surface area contributed by atoms with Crippen LogP contribution in [0.4, 0.5) is 4.39 Å². The minimum atomic E-state index is -0.213. The summed E-state index contributed by atoms with van der Waals surface area (Å²) in [4.78, 5) is 0. The van der Waals surface area contributed by atoms with Crippen LogP contribution in [-0.4, -0.2) is 0 Å². The molecule has 2 heteroatoms. The third-order valence-electron chi connectivity index (χ3n) is 5.48. The Kier molecular flexibility index (Phi) is 4.91. The van der Waals surface area contributed by atoms with Gasteiger partial charge in [-0.1, -0.05) is 84.9 Å². The topological polar surface area (TPSA) is 0 Å². The van der Waals surface area contributed by atoms with Gasteiger partial charge in [-0.25, -0.2) is 4.39 Å². The van der Waals surface area contributed by atoms with E-state index in [1.165, 1.54) is 50.5 Å². The molecule has 0 heterocycles. The molecule has 5 aromatic rings. The molecule has 1 unspecified atom stereocenters. The van der Waals surface area contributed by atoms with Gasteiger partial charge in [-0.3, -0.25) is 0 Å². The van der Waals surface area contributed by atoms with Gasteiger partial charge in [0.05, 0.1) is 0 Å². The number of rotatable bonds is 3. The molecular weight excluding hydrogens is 386 g/mol. The lowest BCUT2D eigenvalue weighted by Gasteiger charge is -2.08. The van der Waals surface area contributed by atoms with E-state index in [0.717, 1.165) is 11.1 Å². The largest absolute Gasteiger partial charge is 0.207 e. The summed E-state index contributed by atoms with van der Waals surface area (Å²) in [6.07, 6.45) is 0. The first-order valence-corrected chi connectivity index (χ1v) is 10.5. The maximum atomic E-state index is 13.2. The summed E-state index contributed by atoms with van der Waals surface area (Å²) >= 11 is 0. The van der Waals surface area contributed by atoms with Crippen LogP contribution in [0.3, 0.4) is 0 Å². The molecule has 0 saturated heterocycles. The zero-order valence-corrected chi connectivity index (χ0v) is 17.5. The van der Waals surface area contributed by atoms with Gasteiger partial charge in [0.1, 0.15) is 5.82 Å². The molecule has 5 rings (SSSR count). The van der Waals surface area contributed by atoms with Gasteiger partial charge in [-0.2, -0.15) is 0 Å². The molecule has 0 nitrogen and oxygen atoms in total. The summed E-state index contributed by atoms with van der Waals surface area (Å²) in [5.41, 5.74) is 6.91. The van der Waals surface area contributed by atoms with Gasteiger partial charge in [0.25, 0.3) is 0 Å². The van der Waals surface area contributed by atoms with Crippen LogP contribution < -0.4 is 5.30 Å². The number of halogens is 1. The summed E-state index contributed by atoms with van der Waals surface area (Å²) in [6.45, 7) is 0. The van der Waals surface area contributed by atoms with Crippen LogP contribution in [0.1, 0.15) is 0 Å². The van der Waals surface area contributed by atoms with Gasteiger partial charge in [0.15, 0.2) is 0 Å². The van der Waals surface area contributed by atoms with Gasteiger partial charge in [0, 0.05) is 0 Å². The number of benzene rings is 5. The Morgan fingerprint density at radius 2 is 0.767 bits per heavy atom. The van der Waals surface area contributed by atoms with E-state index in [9.17, 15) is 4.39 Å². The fourth-order valence-electron chi connectivity index (χ4n) is 3.78. The van der Waals surface area contributed by atoms with E-state index >= 15 is 0 Å². The van der Waals surface area contributed by atoms with Crippen LogP contribution in [-0.2, 0) is 0 Å². The van der Waals surface area contributed by atoms with E-state index in [4.69, 9.17) is 0 Å². The Bertz CT molecular complexity index is 1320.